The van der Waals surface area contributed by atoms with E-state index in [-0.39, 0.29) is 6.04 Å². The van der Waals surface area contributed by atoms with E-state index >= 15 is 0 Å². The van der Waals surface area contributed by atoms with Gasteiger partial charge in [-0.1, -0.05) is 11.6 Å². The fraction of sp³-hybridized carbons (Fsp3) is 0.273. The van der Waals surface area contributed by atoms with Crippen LogP contribution in [0.2, 0.25) is 5.02 Å². The first kappa shape index (κ1) is 13.0. The number of aromatic nitrogens is 3. The predicted octanol–water partition coefficient (Wildman–Crippen LogP) is 4.45. The number of hydrogen-bond donors (Lipinski definition) is 1. The Labute approximate surface area is 123 Å². The van der Waals surface area contributed by atoms with Gasteiger partial charge in [0.25, 0.3) is 0 Å². The zero-order valence-corrected chi connectivity index (χ0v) is 13.1. The number of halogens is 2. The van der Waals surface area contributed by atoms with Crippen LogP contribution in [-0.4, -0.2) is 14.8 Å². The van der Waals surface area contributed by atoms with Gasteiger partial charge in [-0.3, -0.25) is 9.67 Å². The predicted molar refractivity (Wildman–Crippen MR) is 81.0 cm³/mol. The van der Waals surface area contributed by atoms with Crippen LogP contribution in [0.3, 0.4) is 0 Å². The van der Waals surface area contributed by atoms with Gasteiger partial charge in [-0.05, 0) is 66.9 Å². The fourth-order valence-corrected chi connectivity index (χ4v) is 2.73. The van der Waals surface area contributed by atoms with Crippen molar-refractivity contribution in [2.75, 3.05) is 0 Å². The van der Waals surface area contributed by atoms with Crippen LogP contribution >= 0.6 is 46.4 Å². The molecule has 1 aromatic carbocycles. The molecular formula is C11H11ClIN3S. The Balaban J connectivity index is 2.69. The lowest BCUT2D eigenvalue weighted by Crippen LogP contribution is -2.04. The van der Waals surface area contributed by atoms with E-state index in [4.69, 9.17) is 23.8 Å². The molecule has 3 nitrogen and oxygen atoms in total. The second-order valence-electron chi connectivity index (χ2n) is 3.94. The third-order valence-electron chi connectivity index (χ3n) is 2.39. The third-order valence-corrected chi connectivity index (χ3v) is 3.85. The molecule has 2 aromatic rings. The van der Waals surface area contributed by atoms with E-state index in [1.807, 2.05) is 22.8 Å². The number of benzene rings is 1. The van der Waals surface area contributed by atoms with Crippen LogP contribution in [-0.2, 0) is 0 Å². The number of nitrogens with one attached hydrogen (secondary N) is 1. The summed E-state index contributed by atoms with van der Waals surface area (Å²) < 4.78 is 3.72. The van der Waals surface area contributed by atoms with Gasteiger partial charge in [-0.2, -0.15) is 5.10 Å². The van der Waals surface area contributed by atoms with Gasteiger partial charge in [-0.25, -0.2) is 0 Å². The highest BCUT2D eigenvalue weighted by molar-refractivity contribution is 14.1. The molecule has 1 aromatic heterocycles. The lowest BCUT2D eigenvalue weighted by Gasteiger charge is -2.11. The van der Waals surface area contributed by atoms with E-state index < -0.39 is 0 Å². The van der Waals surface area contributed by atoms with Crippen molar-refractivity contribution in [1.29, 1.82) is 0 Å². The van der Waals surface area contributed by atoms with Gasteiger partial charge in [0.1, 0.15) is 0 Å². The molecule has 1 heterocycles. The molecule has 0 amide bonds. The largest absolute Gasteiger partial charge is 0.298 e. The lowest BCUT2D eigenvalue weighted by atomic mass is 10.2. The summed E-state index contributed by atoms with van der Waals surface area (Å²) in [6.07, 6.45) is 0. The van der Waals surface area contributed by atoms with Crippen molar-refractivity contribution in [3.05, 3.63) is 31.6 Å². The first-order chi connectivity index (χ1) is 8.00. The molecule has 0 spiro atoms. The van der Waals surface area contributed by atoms with Crippen molar-refractivity contribution in [3.63, 3.8) is 0 Å². The van der Waals surface area contributed by atoms with Crippen molar-refractivity contribution in [1.82, 2.24) is 14.8 Å². The fourth-order valence-electron chi connectivity index (χ4n) is 1.64. The minimum Gasteiger partial charge on any atom is -0.298 e. The van der Waals surface area contributed by atoms with Crippen molar-refractivity contribution in [3.8, 4) is 11.4 Å². The number of hydrogen-bond acceptors (Lipinski definition) is 2. The van der Waals surface area contributed by atoms with Crippen LogP contribution in [0.1, 0.15) is 19.9 Å². The van der Waals surface area contributed by atoms with Crippen LogP contribution in [0.4, 0.5) is 0 Å². The SMILES string of the molecule is CC(C)n1c(-c2cc(Cl)ccc2I)n[nH]c1=S. The summed E-state index contributed by atoms with van der Waals surface area (Å²) in [5, 5.41) is 7.82. The van der Waals surface area contributed by atoms with Crippen LogP contribution in [0, 0.1) is 8.34 Å². The average molecular weight is 380 g/mol. The summed E-state index contributed by atoms with van der Waals surface area (Å²) in [5.41, 5.74) is 0.999. The normalized spacial score (nSPS) is 11.1. The van der Waals surface area contributed by atoms with Crippen LogP contribution in [0.15, 0.2) is 18.2 Å². The summed E-state index contributed by atoms with van der Waals surface area (Å²) >= 11 is 13.5. The van der Waals surface area contributed by atoms with Gasteiger partial charge in [0.15, 0.2) is 10.6 Å². The molecule has 6 heteroatoms. The quantitative estimate of drug-likeness (QED) is 0.618. The smallest absolute Gasteiger partial charge is 0.195 e. The molecule has 0 atom stereocenters. The molecule has 0 aliphatic heterocycles. The molecule has 0 saturated carbocycles. The van der Waals surface area contributed by atoms with Crippen LogP contribution in [0.5, 0.6) is 0 Å². The first-order valence-corrected chi connectivity index (χ1v) is 6.99. The summed E-state index contributed by atoms with van der Waals surface area (Å²) in [6.45, 7) is 4.15. The first-order valence-electron chi connectivity index (χ1n) is 5.13. The zero-order chi connectivity index (χ0) is 12.6. The molecule has 0 aliphatic rings. The Morgan fingerprint density at radius 1 is 1.47 bits per heavy atom. The molecule has 1 N–H and O–H groups in total. The van der Waals surface area contributed by atoms with Crippen molar-refractivity contribution < 1.29 is 0 Å². The summed E-state index contributed by atoms with van der Waals surface area (Å²) in [4.78, 5) is 0. The monoisotopic (exact) mass is 379 g/mol. The van der Waals surface area contributed by atoms with E-state index in [1.165, 1.54) is 0 Å². The van der Waals surface area contributed by atoms with Gasteiger partial charge in [0, 0.05) is 20.2 Å². The van der Waals surface area contributed by atoms with Crippen molar-refractivity contribution in [2.45, 2.75) is 19.9 Å². The van der Waals surface area contributed by atoms with Gasteiger partial charge >= 0.3 is 0 Å². The second kappa shape index (κ2) is 5.07. The molecule has 90 valence electrons. The van der Waals surface area contributed by atoms with E-state index in [0.717, 1.165) is 15.0 Å². The van der Waals surface area contributed by atoms with Gasteiger partial charge in [-0.15, -0.1) is 0 Å². The Morgan fingerprint density at radius 2 is 2.18 bits per heavy atom. The topological polar surface area (TPSA) is 33.6 Å². The molecule has 2 rings (SSSR count). The lowest BCUT2D eigenvalue weighted by molar-refractivity contribution is 0.597. The molecule has 0 bridgehead atoms. The number of nitrogens with zero attached hydrogens (tertiary/aromatic N) is 2. The summed E-state index contributed by atoms with van der Waals surface area (Å²) in [7, 11) is 0. The Bertz CT molecular complexity index is 603. The number of H-pyrrole nitrogens is 1. The number of aromatic amines is 1. The molecule has 17 heavy (non-hydrogen) atoms. The Hall–Kier alpha value is -0.400. The Morgan fingerprint density at radius 3 is 2.82 bits per heavy atom. The van der Waals surface area contributed by atoms with E-state index in [9.17, 15) is 0 Å². The maximum absolute atomic E-state index is 6.03. The Kier molecular flexibility index (Phi) is 3.89. The third kappa shape index (κ3) is 2.56. The number of rotatable bonds is 2. The van der Waals surface area contributed by atoms with E-state index in [0.29, 0.717) is 9.79 Å². The van der Waals surface area contributed by atoms with Gasteiger partial charge in [0.2, 0.25) is 0 Å². The zero-order valence-electron chi connectivity index (χ0n) is 9.37. The molecular weight excluding hydrogens is 369 g/mol. The minimum absolute atomic E-state index is 0.256. The highest BCUT2D eigenvalue weighted by Crippen LogP contribution is 2.28. The minimum atomic E-state index is 0.256. The van der Waals surface area contributed by atoms with Crippen molar-refractivity contribution in [2.24, 2.45) is 0 Å². The second-order valence-corrected chi connectivity index (χ2v) is 5.93. The van der Waals surface area contributed by atoms with Crippen molar-refractivity contribution >= 4 is 46.4 Å². The highest BCUT2D eigenvalue weighted by atomic mass is 127. The van der Waals surface area contributed by atoms with Crippen LogP contribution in [0.25, 0.3) is 11.4 Å². The van der Waals surface area contributed by atoms with E-state index in [2.05, 4.69) is 46.6 Å². The van der Waals surface area contributed by atoms with Gasteiger partial charge in [0.05, 0.1) is 0 Å². The van der Waals surface area contributed by atoms with Crippen LogP contribution < -0.4 is 0 Å². The molecule has 0 saturated heterocycles. The molecule has 0 radical (unpaired) electrons. The molecule has 0 aliphatic carbocycles. The maximum atomic E-state index is 6.03. The summed E-state index contributed by atoms with van der Waals surface area (Å²) in [6, 6.07) is 6.01. The molecule has 0 fully saturated rings. The molecule has 0 unspecified atom stereocenters. The summed E-state index contributed by atoms with van der Waals surface area (Å²) in [5.74, 6) is 0.830. The standard InChI is InChI=1S/C11H11ClIN3S/c1-6(2)16-10(14-15-11(16)17)8-5-7(12)3-4-9(8)13/h3-6H,1-2H3,(H,15,17). The highest BCUT2D eigenvalue weighted by Gasteiger charge is 2.14. The van der Waals surface area contributed by atoms with Gasteiger partial charge < -0.3 is 0 Å². The van der Waals surface area contributed by atoms with E-state index in [1.54, 1.807) is 0 Å². The average Bonchev–Trinajstić information content (AvgIpc) is 2.64. The maximum Gasteiger partial charge on any atom is 0.195 e.